The third-order valence-corrected chi connectivity index (χ3v) is 4.39. The van der Waals surface area contributed by atoms with Gasteiger partial charge in [-0.3, -0.25) is 4.90 Å². The lowest BCUT2D eigenvalue weighted by molar-refractivity contribution is 0.174. The normalized spacial score (nSPS) is 13.2. The quantitative estimate of drug-likeness (QED) is 0.675. The van der Waals surface area contributed by atoms with Crippen LogP contribution >= 0.6 is 0 Å². The second-order valence-corrected chi connectivity index (χ2v) is 6.39. The van der Waals surface area contributed by atoms with E-state index in [0.29, 0.717) is 6.79 Å². The van der Waals surface area contributed by atoms with Crippen LogP contribution in [0.3, 0.4) is 0 Å². The van der Waals surface area contributed by atoms with Crippen molar-refractivity contribution in [3.63, 3.8) is 0 Å². The first kappa shape index (κ1) is 15.7. The van der Waals surface area contributed by atoms with Gasteiger partial charge in [0.05, 0.1) is 0 Å². The lowest BCUT2D eigenvalue weighted by Gasteiger charge is -2.14. The molecular weight excluding hydrogens is 310 g/mol. The molecule has 0 unspecified atom stereocenters. The molecule has 0 saturated carbocycles. The minimum atomic E-state index is 0.323. The Labute approximate surface area is 148 Å². The van der Waals surface area contributed by atoms with Crippen molar-refractivity contribution >= 4 is 16.8 Å². The van der Waals surface area contributed by atoms with Crippen LogP contribution < -0.4 is 9.47 Å². The number of hydrogen-bond acceptors (Lipinski definition) is 3. The molecule has 1 aliphatic rings. The highest BCUT2D eigenvalue weighted by Gasteiger charge is 2.13. The Morgan fingerprint density at radius 3 is 2.68 bits per heavy atom. The zero-order valence-electron chi connectivity index (χ0n) is 14.3. The number of hydrogen-bond donors (Lipinski definition) is 0. The van der Waals surface area contributed by atoms with Crippen LogP contribution in [0.25, 0.3) is 16.8 Å². The maximum Gasteiger partial charge on any atom is 0.231 e. The first-order chi connectivity index (χ1) is 12.3. The topological polar surface area (TPSA) is 21.7 Å². The molecule has 4 rings (SSSR count). The van der Waals surface area contributed by atoms with Crippen LogP contribution in [-0.2, 0) is 6.54 Å². The van der Waals surface area contributed by atoms with E-state index in [2.05, 4.69) is 78.7 Å². The van der Waals surface area contributed by atoms with Crippen LogP contribution in [0, 0.1) is 0 Å². The van der Waals surface area contributed by atoms with Gasteiger partial charge in [0.15, 0.2) is 11.5 Å². The standard InChI is InChI=1S/C22H21NO2/c1-23(15-18-9-11-21-22(14-18)25-16-24-21)12-4-5-17-8-10-19-6-2-3-7-20(19)13-17/h2-11,13-14H,12,15-16H2,1H3/b5-4+. The van der Waals surface area contributed by atoms with Gasteiger partial charge in [0.2, 0.25) is 6.79 Å². The molecular formula is C22H21NO2. The summed E-state index contributed by atoms with van der Waals surface area (Å²) in [6.07, 6.45) is 4.39. The summed E-state index contributed by atoms with van der Waals surface area (Å²) in [4.78, 5) is 2.27. The number of likely N-dealkylation sites (N-methyl/N-ethyl adjacent to an activating group) is 1. The van der Waals surface area contributed by atoms with Crippen molar-refractivity contribution in [3.8, 4) is 11.5 Å². The van der Waals surface area contributed by atoms with E-state index in [0.717, 1.165) is 24.6 Å². The van der Waals surface area contributed by atoms with Crippen LogP contribution in [0.1, 0.15) is 11.1 Å². The summed E-state index contributed by atoms with van der Waals surface area (Å²) < 4.78 is 10.8. The number of fused-ring (bicyclic) bond motifs is 2. The maximum absolute atomic E-state index is 5.44. The molecule has 0 atom stereocenters. The number of ether oxygens (including phenoxy) is 2. The molecule has 3 aromatic rings. The molecule has 3 aromatic carbocycles. The Balaban J connectivity index is 1.37. The molecule has 0 bridgehead atoms. The Morgan fingerprint density at radius 2 is 1.76 bits per heavy atom. The molecule has 0 fully saturated rings. The Hall–Kier alpha value is -2.78. The van der Waals surface area contributed by atoms with Crippen molar-refractivity contribution in [2.24, 2.45) is 0 Å². The highest BCUT2D eigenvalue weighted by Crippen LogP contribution is 2.32. The minimum absolute atomic E-state index is 0.323. The summed E-state index contributed by atoms with van der Waals surface area (Å²) in [5.74, 6) is 1.68. The van der Waals surface area contributed by atoms with Crippen LogP contribution in [0.2, 0.25) is 0 Å². The molecule has 0 saturated heterocycles. The van der Waals surface area contributed by atoms with Crippen LogP contribution in [0.4, 0.5) is 0 Å². The van der Waals surface area contributed by atoms with Gasteiger partial charge in [-0.05, 0) is 47.1 Å². The second kappa shape index (κ2) is 6.99. The van der Waals surface area contributed by atoms with E-state index in [4.69, 9.17) is 9.47 Å². The summed E-state index contributed by atoms with van der Waals surface area (Å²) in [5, 5.41) is 2.55. The highest BCUT2D eigenvalue weighted by molar-refractivity contribution is 5.84. The average molecular weight is 331 g/mol. The van der Waals surface area contributed by atoms with Crippen molar-refractivity contribution in [2.45, 2.75) is 6.54 Å². The zero-order chi connectivity index (χ0) is 17.1. The van der Waals surface area contributed by atoms with Crippen molar-refractivity contribution in [2.75, 3.05) is 20.4 Å². The van der Waals surface area contributed by atoms with E-state index in [-0.39, 0.29) is 0 Å². The highest BCUT2D eigenvalue weighted by atomic mass is 16.7. The van der Waals surface area contributed by atoms with E-state index in [1.807, 2.05) is 6.07 Å². The fourth-order valence-corrected chi connectivity index (χ4v) is 3.10. The van der Waals surface area contributed by atoms with E-state index >= 15 is 0 Å². The molecule has 0 amide bonds. The fraction of sp³-hybridized carbons (Fsp3) is 0.182. The predicted molar refractivity (Wildman–Crippen MR) is 102 cm³/mol. The second-order valence-electron chi connectivity index (χ2n) is 6.39. The average Bonchev–Trinajstić information content (AvgIpc) is 3.09. The third-order valence-electron chi connectivity index (χ3n) is 4.39. The molecule has 0 radical (unpaired) electrons. The molecule has 126 valence electrons. The van der Waals surface area contributed by atoms with Gasteiger partial charge in [-0.1, -0.05) is 54.6 Å². The summed E-state index contributed by atoms with van der Waals surface area (Å²) in [6, 6.07) is 21.1. The lowest BCUT2D eigenvalue weighted by Crippen LogP contribution is -2.17. The molecule has 1 aliphatic heterocycles. The molecule has 25 heavy (non-hydrogen) atoms. The minimum Gasteiger partial charge on any atom is -0.454 e. The largest absolute Gasteiger partial charge is 0.454 e. The van der Waals surface area contributed by atoms with Gasteiger partial charge in [-0.25, -0.2) is 0 Å². The Kier molecular flexibility index (Phi) is 4.40. The molecule has 3 nitrogen and oxygen atoms in total. The maximum atomic E-state index is 5.44. The number of nitrogens with zero attached hydrogens (tertiary/aromatic N) is 1. The van der Waals surface area contributed by atoms with E-state index in [9.17, 15) is 0 Å². The molecule has 0 spiro atoms. The SMILES string of the molecule is CN(C/C=C/c1ccc2ccccc2c1)Cc1ccc2c(c1)OCO2. The van der Waals surface area contributed by atoms with Gasteiger partial charge in [-0.15, -0.1) is 0 Å². The number of benzene rings is 3. The van der Waals surface area contributed by atoms with Gasteiger partial charge in [0.1, 0.15) is 0 Å². The van der Waals surface area contributed by atoms with Crippen molar-refractivity contribution < 1.29 is 9.47 Å². The van der Waals surface area contributed by atoms with E-state index in [1.165, 1.54) is 21.9 Å². The predicted octanol–water partition coefficient (Wildman–Crippen LogP) is 4.71. The fourth-order valence-electron chi connectivity index (χ4n) is 3.10. The van der Waals surface area contributed by atoms with Crippen LogP contribution in [-0.4, -0.2) is 25.3 Å². The van der Waals surface area contributed by atoms with Gasteiger partial charge in [0, 0.05) is 13.1 Å². The van der Waals surface area contributed by atoms with Crippen LogP contribution in [0.5, 0.6) is 11.5 Å². The molecule has 0 N–H and O–H groups in total. The van der Waals surface area contributed by atoms with Crippen LogP contribution in [0.15, 0.2) is 66.7 Å². The molecule has 3 heteroatoms. The molecule has 0 aliphatic carbocycles. The summed E-state index contributed by atoms with van der Waals surface area (Å²) >= 11 is 0. The van der Waals surface area contributed by atoms with Crippen molar-refractivity contribution in [1.82, 2.24) is 4.90 Å². The van der Waals surface area contributed by atoms with Gasteiger partial charge in [0.25, 0.3) is 0 Å². The van der Waals surface area contributed by atoms with Gasteiger partial charge < -0.3 is 9.47 Å². The smallest absolute Gasteiger partial charge is 0.231 e. The number of rotatable bonds is 5. The Bertz CT molecular complexity index is 917. The Morgan fingerprint density at radius 1 is 0.920 bits per heavy atom. The molecule has 1 heterocycles. The van der Waals surface area contributed by atoms with Gasteiger partial charge in [-0.2, -0.15) is 0 Å². The summed E-state index contributed by atoms with van der Waals surface area (Å²) in [7, 11) is 2.12. The van der Waals surface area contributed by atoms with Crippen molar-refractivity contribution in [3.05, 3.63) is 77.9 Å². The monoisotopic (exact) mass is 331 g/mol. The zero-order valence-corrected chi connectivity index (χ0v) is 14.3. The van der Waals surface area contributed by atoms with Crippen molar-refractivity contribution in [1.29, 1.82) is 0 Å². The summed E-state index contributed by atoms with van der Waals surface area (Å²) in [5.41, 5.74) is 2.46. The molecule has 0 aromatic heterocycles. The third kappa shape index (κ3) is 3.67. The first-order valence-corrected chi connectivity index (χ1v) is 8.50. The van der Waals surface area contributed by atoms with E-state index in [1.54, 1.807) is 0 Å². The van der Waals surface area contributed by atoms with Gasteiger partial charge >= 0.3 is 0 Å². The summed E-state index contributed by atoms with van der Waals surface area (Å²) in [6.45, 7) is 2.09. The first-order valence-electron chi connectivity index (χ1n) is 8.50. The lowest BCUT2D eigenvalue weighted by atomic mass is 10.1. The van der Waals surface area contributed by atoms with E-state index < -0.39 is 0 Å².